The third-order valence-electron chi connectivity index (χ3n) is 3.30. The van der Waals surface area contributed by atoms with Crippen LogP contribution in [0.2, 0.25) is 0 Å². The van der Waals surface area contributed by atoms with Gasteiger partial charge in [0.15, 0.2) is 0 Å². The first-order valence-electron chi connectivity index (χ1n) is 5.85. The van der Waals surface area contributed by atoms with Crippen LogP contribution < -0.4 is 5.32 Å². The molecule has 0 aliphatic carbocycles. The molecule has 0 spiro atoms. The Labute approximate surface area is 96.4 Å². The number of rotatable bonds is 3. The second-order valence-corrected chi connectivity index (χ2v) is 4.31. The number of phenolic OH excluding ortho intramolecular Hbond substituents is 1. The molecule has 2 N–H and O–H groups in total. The maximum absolute atomic E-state index is 9.28. The molecule has 1 aromatic carbocycles. The van der Waals surface area contributed by atoms with Gasteiger partial charge in [-0.25, -0.2) is 0 Å². The third kappa shape index (κ3) is 2.54. The maximum atomic E-state index is 9.28. The minimum Gasteiger partial charge on any atom is -0.508 e. The van der Waals surface area contributed by atoms with E-state index in [1.165, 1.54) is 5.56 Å². The zero-order valence-electron chi connectivity index (χ0n) is 9.65. The van der Waals surface area contributed by atoms with Gasteiger partial charge in [-0.3, -0.25) is 0 Å². The van der Waals surface area contributed by atoms with E-state index in [1.807, 2.05) is 19.2 Å². The van der Waals surface area contributed by atoms with Gasteiger partial charge in [-0.15, -0.1) is 0 Å². The summed E-state index contributed by atoms with van der Waals surface area (Å²) in [5.41, 5.74) is 1.24. The minimum atomic E-state index is 0.325. The second kappa shape index (κ2) is 5.32. The van der Waals surface area contributed by atoms with Crippen molar-refractivity contribution >= 4 is 0 Å². The molecular weight excluding hydrogens is 202 g/mol. The Balaban J connectivity index is 2.11. The normalized spacial score (nSPS) is 19.6. The molecule has 1 heterocycles. The Morgan fingerprint density at radius 1 is 1.25 bits per heavy atom. The lowest BCUT2D eigenvalue weighted by molar-refractivity contribution is 0.0546. The van der Waals surface area contributed by atoms with Gasteiger partial charge in [0.2, 0.25) is 0 Å². The van der Waals surface area contributed by atoms with Gasteiger partial charge in [0, 0.05) is 19.3 Å². The van der Waals surface area contributed by atoms with Crippen LogP contribution in [0.15, 0.2) is 24.3 Å². The van der Waals surface area contributed by atoms with Crippen molar-refractivity contribution in [1.29, 1.82) is 0 Å². The number of aromatic hydroxyl groups is 1. The Bertz CT molecular complexity index is 317. The number of nitrogens with one attached hydrogen (secondary N) is 1. The van der Waals surface area contributed by atoms with Gasteiger partial charge < -0.3 is 15.2 Å². The fourth-order valence-corrected chi connectivity index (χ4v) is 2.41. The number of hydrogen-bond donors (Lipinski definition) is 2. The Hall–Kier alpha value is -1.06. The molecule has 0 aromatic heterocycles. The molecule has 0 amide bonds. The van der Waals surface area contributed by atoms with Crippen molar-refractivity contribution in [2.24, 2.45) is 5.92 Å². The SMILES string of the molecule is CNC(c1ccc(O)cc1)C1CCOCC1. The lowest BCUT2D eigenvalue weighted by Gasteiger charge is -2.30. The summed E-state index contributed by atoms with van der Waals surface area (Å²) in [7, 11) is 1.99. The molecule has 1 unspecified atom stereocenters. The molecule has 1 fully saturated rings. The second-order valence-electron chi connectivity index (χ2n) is 4.31. The van der Waals surface area contributed by atoms with Gasteiger partial charge in [0.25, 0.3) is 0 Å². The summed E-state index contributed by atoms with van der Waals surface area (Å²) in [6, 6.07) is 7.85. The van der Waals surface area contributed by atoms with Gasteiger partial charge in [0.1, 0.15) is 5.75 Å². The monoisotopic (exact) mass is 221 g/mol. The summed E-state index contributed by atoms with van der Waals surface area (Å²) >= 11 is 0. The Morgan fingerprint density at radius 2 is 1.88 bits per heavy atom. The van der Waals surface area contributed by atoms with Crippen LogP contribution in [0, 0.1) is 5.92 Å². The summed E-state index contributed by atoms with van der Waals surface area (Å²) in [6.45, 7) is 1.72. The largest absolute Gasteiger partial charge is 0.508 e. The molecule has 1 saturated heterocycles. The van der Waals surface area contributed by atoms with Crippen LogP contribution in [0.4, 0.5) is 0 Å². The molecule has 3 nitrogen and oxygen atoms in total. The number of benzene rings is 1. The third-order valence-corrected chi connectivity index (χ3v) is 3.30. The summed E-state index contributed by atoms with van der Waals surface area (Å²) in [5.74, 6) is 0.953. The van der Waals surface area contributed by atoms with Crippen LogP contribution in [-0.2, 0) is 4.74 Å². The van der Waals surface area contributed by atoms with Crippen LogP contribution in [-0.4, -0.2) is 25.4 Å². The van der Waals surface area contributed by atoms with Crippen LogP contribution in [0.5, 0.6) is 5.75 Å². The van der Waals surface area contributed by atoms with Crippen LogP contribution in [0.25, 0.3) is 0 Å². The molecular formula is C13H19NO2. The van der Waals surface area contributed by atoms with Gasteiger partial charge >= 0.3 is 0 Å². The Morgan fingerprint density at radius 3 is 2.44 bits per heavy atom. The molecule has 0 radical (unpaired) electrons. The average molecular weight is 221 g/mol. The van der Waals surface area contributed by atoms with E-state index in [4.69, 9.17) is 4.74 Å². The van der Waals surface area contributed by atoms with Crippen molar-refractivity contribution in [1.82, 2.24) is 5.32 Å². The van der Waals surface area contributed by atoms with E-state index in [0.29, 0.717) is 17.7 Å². The predicted octanol–water partition coefficient (Wildman–Crippen LogP) is 2.08. The fraction of sp³-hybridized carbons (Fsp3) is 0.538. The summed E-state index contributed by atoms with van der Waals surface area (Å²) in [5, 5.41) is 12.7. The molecule has 16 heavy (non-hydrogen) atoms. The molecule has 1 aliphatic heterocycles. The molecule has 3 heteroatoms. The number of phenols is 1. The van der Waals surface area contributed by atoms with E-state index in [0.717, 1.165) is 26.1 Å². The average Bonchev–Trinajstić information content (AvgIpc) is 2.34. The summed E-state index contributed by atoms with van der Waals surface area (Å²) in [6.07, 6.45) is 2.21. The van der Waals surface area contributed by atoms with Gasteiger partial charge in [-0.2, -0.15) is 0 Å². The maximum Gasteiger partial charge on any atom is 0.115 e. The van der Waals surface area contributed by atoms with Crippen molar-refractivity contribution < 1.29 is 9.84 Å². The van der Waals surface area contributed by atoms with Crippen molar-refractivity contribution in [3.05, 3.63) is 29.8 Å². The topological polar surface area (TPSA) is 41.5 Å². The van der Waals surface area contributed by atoms with E-state index in [9.17, 15) is 5.11 Å². The van der Waals surface area contributed by atoms with Gasteiger partial charge in [-0.1, -0.05) is 12.1 Å². The molecule has 1 aromatic rings. The smallest absolute Gasteiger partial charge is 0.115 e. The quantitative estimate of drug-likeness (QED) is 0.821. The Kier molecular flexibility index (Phi) is 3.80. The zero-order chi connectivity index (χ0) is 11.4. The van der Waals surface area contributed by atoms with Gasteiger partial charge in [0.05, 0.1) is 0 Å². The fourth-order valence-electron chi connectivity index (χ4n) is 2.41. The van der Waals surface area contributed by atoms with Gasteiger partial charge in [-0.05, 0) is 43.5 Å². The lowest BCUT2D eigenvalue weighted by Crippen LogP contribution is -2.29. The number of ether oxygens (including phenoxy) is 1. The summed E-state index contributed by atoms with van der Waals surface area (Å²) in [4.78, 5) is 0. The molecule has 2 rings (SSSR count). The van der Waals surface area contributed by atoms with E-state index >= 15 is 0 Å². The van der Waals surface area contributed by atoms with Crippen LogP contribution in [0.3, 0.4) is 0 Å². The highest BCUT2D eigenvalue weighted by molar-refractivity contribution is 5.28. The lowest BCUT2D eigenvalue weighted by atomic mass is 9.87. The highest BCUT2D eigenvalue weighted by atomic mass is 16.5. The van der Waals surface area contributed by atoms with E-state index < -0.39 is 0 Å². The van der Waals surface area contributed by atoms with Crippen LogP contribution in [0.1, 0.15) is 24.4 Å². The molecule has 0 saturated carbocycles. The van der Waals surface area contributed by atoms with Crippen molar-refractivity contribution in [2.45, 2.75) is 18.9 Å². The molecule has 0 bridgehead atoms. The first-order chi connectivity index (χ1) is 7.81. The predicted molar refractivity (Wildman–Crippen MR) is 63.5 cm³/mol. The van der Waals surface area contributed by atoms with E-state index in [1.54, 1.807) is 12.1 Å². The van der Waals surface area contributed by atoms with Crippen molar-refractivity contribution in [3.8, 4) is 5.75 Å². The zero-order valence-corrected chi connectivity index (χ0v) is 9.65. The van der Waals surface area contributed by atoms with Crippen LogP contribution >= 0.6 is 0 Å². The van der Waals surface area contributed by atoms with Crippen molar-refractivity contribution in [2.75, 3.05) is 20.3 Å². The molecule has 1 aliphatic rings. The highest BCUT2D eigenvalue weighted by Crippen LogP contribution is 2.30. The van der Waals surface area contributed by atoms with Crippen molar-refractivity contribution in [3.63, 3.8) is 0 Å². The van der Waals surface area contributed by atoms with E-state index in [-0.39, 0.29) is 0 Å². The minimum absolute atomic E-state index is 0.325. The first kappa shape index (κ1) is 11.4. The highest BCUT2D eigenvalue weighted by Gasteiger charge is 2.23. The number of hydrogen-bond acceptors (Lipinski definition) is 3. The summed E-state index contributed by atoms with van der Waals surface area (Å²) < 4.78 is 5.38. The molecule has 88 valence electrons. The molecule has 1 atom stereocenters. The first-order valence-corrected chi connectivity index (χ1v) is 5.85. The standard InChI is InChI=1S/C13H19NO2/c1-14-13(11-6-8-16-9-7-11)10-2-4-12(15)5-3-10/h2-5,11,13-15H,6-9H2,1H3. The van der Waals surface area contributed by atoms with E-state index in [2.05, 4.69) is 5.32 Å².